The van der Waals surface area contributed by atoms with Gasteiger partial charge in [0.2, 0.25) is 0 Å². The van der Waals surface area contributed by atoms with E-state index in [-0.39, 0.29) is 11.5 Å². The Bertz CT molecular complexity index is 192. The molecule has 84 valence electrons. The quantitative estimate of drug-likeness (QED) is 0.521. The molecule has 0 amide bonds. The maximum Gasteiger partial charge on any atom is 0.120 e. The lowest BCUT2D eigenvalue weighted by atomic mass is 9.81. The molecule has 0 fully saturated rings. The highest BCUT2D eigenvalue weighted by atomic mass is 35.5. The SMILES string of the molecule is C=CCC(C(C)(Cl)Cl)C(C)(C)N(C)C. The summed E-state index contributed by atoms with van der Waals surface area (Å²) in [6.45, 7) is 9.88. The Morgan fingerprint density at radius 3 is 1.93 bits per heavy atom. The standard InChI is InChI=1S/C11H21Cl2N/c1-7-8-9(11(4,12)13)10(2,3)14(5)6/h7,9H,1,8H2,2-6H3. The molecule has 0 radical (unpaired) electrons. The summed E-state index contributed by atoms with van der Waals surface area (Å²) >= 11 is 12.4. The Labute approximate surface area is 98.1 Å². The fourth-order valence-electron chi connectivity index (χ4n) is 1.59. The average molecular weight is 238 g/mol. The fourth-order valence-corrected chi connectivity index (χ4v) is 2.31. The molecule has 14 heavy (non-hydrogen) atoms. The number of hydrogen-bond acceptors (Lipinski definition) is 1. The van der Waals surface area contributed by atoms with Crippen LogP contribution in [0.2, 0.25) is 0 Å². The molecular formula is C11H21Cl2N. The predicted octanol–water partition coefficient (Wildman–Crippen LogP) is 3.71. The molecule has 0 aromatic rings. The molecule has 0 saturated heterocycles. The summed E-state index contributed by atoms with van der Waals surface area (Å²) in [6.07, 6.45) is 2.69. The van der Waals surface area contributed by atoms with Gasteiger partial charge in [0.05, 0.1) is 0 Å². The summed E-state index contributed by atoms with van der Waals surface area (Å²) in [7, 11) is 4.07. The summed E-state index contributed by atoms with van der Waals surface area (Å²) in [5.41, 5.74) is -0.0492. The van der Waals surface area contributed by atoms with Crippen molar-refractivity contribution in [1.29, 1.82) is 0 Å². The van der Waals surface area contributed by atoms with E-state index in [0.717, 1.165) is 6.42 Å². The van der Waals surface area contributed by atoms with E-state index in [9.17, 15) is 0 Å². The Hall–Kier alpha value is 0.280. The van der Waals surface area contributed by atoms with Crippen LogP contribution < -0.4 is 0 Å². The van der Waals surface area contributed by atoms with Gasteiger partial charge in [-0.15, -0.1) is 29.8 Å². The molecule has 0 N–H and O–H groups in total. The normalized spacial score (nSPS) is 15.7. The zero-order valence-corrected chi connectivity index (χ0v) is 11.3. The minimum atomic E-state index is -0.734. The van der Waals surface area contributed by atoms with Crippen LogP contribution in [0.1, 0.15) is 27.2 Å². The van der Waals surface area contributed by atoms with Crippen LogP contribution in [0.15, 0.2) is 12.7 Å². The highest BCUT2D eigenvalue weighted by molar-refractivity contribution is 6.48. The maximum atomic E-state index is 6.20. The Kier molecular flexibility index (Phi) is 4.97. The van der Waals surface area contributed by atoms with Crippen LogP contribution >= 0.6 is 23.2 Å². The largest absolute Gasteiger partial charge is 0.304 e. The zero-order valence-electron chi connectivity index (χ0n) is 9.77. The first kappa shape index (κ1) is 14.3. The van der Waals surface area contributed by atoms with Crippen LogP contribution in [0.3, 0.4) is 0 Å². The van der Waals surface area contributed by atoms with Crippen molar-refractivity contribution in [1.82, 2.24) is 4.90 Å². The highest BCUT2D eigenvalue weighted by Crippen LogP contribution is 2.41. The van der Waals surface area contributed by atoms with E-state index < -0.39 is 4.33 Å². The Morgan fingerprint density at radius 1 is 1.29 bits per heavy atom. The second-order valence-corrected chi connectivity index (χ2v) is 6.35. The van der Waals surface area contributed by atoms with Crippen LogP contribution in [0.4, 0.5) is 0 Å². The lowest BCUT2D eigenvalue weighted by Crippen LogP contribution is -2.50. The van der Waals surface area contributed by atoms with Gasteiger partial charge in [-0.25, -0.2) is 0 Å². The van der Waals surface area contributed by atoms with Gasteiger partial charge in [-0.1, -0.05) is 6.08 Å². The van der Waals surface area contributed by atoms with E-state index in [4.69, 9.17) is 23.2 Å². The Balaban J connectivity index is 4.91. The first-order valence-electron chi connectivity index (χ1n) is 4.80. The van der Waals surface area contributed by atoms with Gasteiger partial charge in [0, 0.05) is 11.5 Å². The van der Waals surface area contributed by atoms with Gasteiger partial charge in [0.25, 0.3) is 0 Å². The molecule has 0 heterocycles. The molecular weight excluding hydrogens is 217 g/mol. The van der Waals surface area contributed by atoms with Gasteiger partial charge in [-0.3, -0.25) is 0 Å². The molecule has 1 unspecified atom stereocenters. The van der Waals surface area contributed by atoms with Gasteiger partial charge in [-0.2, -0.15) is 0 Å². The Morgan fingerprint density at radius 2 is 1.71 bits per heavy atom. The minimum Gasteiger partial charge on any atom is -0.304 e. The maximum absolute atomic E-state index is 6.20. The topological polar surface area (TPSA) is 3.24 Å². The van der Waals surface area contributed by atoms with Gasteiger partial charge in [0.15, 0.2) is 0 Å². The predicted molar refractivity (Wildman–Crippen MR) is 66.2 cm³/mol. The number of alkyl halides is 2. The molecule has 0 aliphatic rings. The molecule has 0 aliphatic carbocycles. The molecule has 1 atom stereocenters. The van der Waals surface area contributed by atoms with Crippen molar-refractivity contribution < 1.29 is 0 Å². The molecule has 0 aliphatic heterocycles. The number of allylic oxidation sites excluding steroid dienone is 1. The van der Waals surface area contributed by atoms with Gasteiger partial charge in [-0.05, 0) is 41.3 Å². The summed E-state index contributed by atoms with van der Waals surface area (Å²) in [4.78, 5) is 2.14. The first-order valence-corrected chi connectivity index (χ1v) is 5.55. The summed E-state index contributed by atoms with van der Waals surface area (Å²) < 4.78 is -0.734. The van der Waals surface area contributed by atoms with Gasteiger partial charge < -0.3 is 4.90 Å². The zero-order chi connectivity index (χ0) is 11.6. The second kappa shape index (κ2) is 4.87. The van der Waals surface area contributed by atoms with E-state index in [0.29, 0.717) is 0 Å². The van der Waals surface area contributed by atoms with E-state index in [1.807, 2.05) is 27.1 Å². The van der Waals surface area contributed by atoms with E-state index in [1.165, 1.54) is 0 Å². The molecule has 0 saturated carbocycles. The third kappa shape index (κ3) is 3.45. The first-order chi connectivity index (χ1) is 6.14. The molecule has 0 bridgehead atoms. The van der Waals surface area contributed by atoms with Crippen LogP contribution in [0, 0.1) is 5.92 Å². The van der Waals surface area contributed by atoms with Crippen molar-refractivity contribution in [2.24, 2.45) is 5.92 Å². The number of halogens is 2. The number of nitrogens with zero attached hydrogens (tertiary/aromatic N) is 1. The van der Waals surface area contributed by atoms with E-state index >= 15 is 0 Å². The third-order valence-electron chi connectivity index (χ3n) is 3.02. The monoisotopic (exact) mass is 237 g/mol. The van der Waals surface area contributed by atoms with Crippen molar-refractivity contribution in [2.75, 3.05) is 14.1 Å². The van der Waals surface area contributed by atoms with Gasteiger partial charge >= 0.3 is 0 Å². The van der Waals surface area contributed by atoms with E-state index in [2.05, 4.69) is 25.3 Å². The van der Waals surface area contributed by atoms with Crippen LogP contribution in [0.5, 0.6) is 0 Å². The smallest absolute Gasteiger partial charge is 0.120 e. The second-order valence-electron chi connectivity index (χ2n) is 4.58. The highest BCUT2D eigenvalue weighted by Gasteiger charge is 2.41. The molecule has 0 spiro atoms. The molecule has 1 nitrogen and oxygen atoms in total. The lowest BCUT2D eigenvalue weighted by Gasteiger charge is -2.44. The molecule has 0 aromatic heterocycles. The van der Waals surface area contributed by atoms with Gasteiger partial charge in [0.1, 0.15) is 4.33 Å². The number of rotatable bonds is 5. The third-order valence-corrected chi connectivity index (χ3v) is 3.55. The molecule has 3 heteroatoms. The van der Waals surface area contributed by atoms with Crippen molar-refractivity contribution in [2.45, 2.75) is 37.1 Å². The molecule has 0 aromatic carbocycles. The van der Waals surface area contributed by atoms with E-state index in [1.54, 1.807) is 0 Å². The van der Waals surface area contributed by atoms with Crippen LogP contribution in [-0.2, 0) is 0 Å². The minimum absolute atomic E-state index is 0.0492. The van der Waals surface area contributed by atoms with Crippen molar-refractivity contribution in [3.05, 3.63) is 12.7 Å². The molecule has 0 rings (SSSR count). The summed E-state index contributed by atoms with van der Waals surface area (Å²) in [6, 6.07) is 0. The van der Waals surface area contributed by atoms with Crippen molar-refractivity contribution >= 4 is 23.2 Å². The summed E-state index contributed by atoms with van der Waals surface area (Å²) in [5.74, 6) is 0.158. The van der Waals surface area contributed by atoms with Crippen molar-refractivity contribution in [3.8, 4) is 0 Å². The van der Waals surface area contributed by atoms with Crippen molar-refractivity contribution in [3.63, 3.8) is 0 Å². The van der Waals surface area contributed by atoms with Crippen LogP contribution in [-0.4, -0.2) is 28.9 Å². The lowest BCUT2D eigenvalue weighted by molar-refractivity contribution is 0.109. The number of hydrogen-bond donors (Lipinski definition) is 0. The average Bonchev–Trinajstić information content (AvgIpc) is 1.97. The van der Waals surface area contributed by atoms with Crippen LogP contribution in [0.25, 0.3) is 0 Å². The summed E-state index contributed by atoms with van der Waals surface area (Å²) in [5, 5.41) is 0. The fraction of sp³-hybridized carbons (Fsp3) is 0.818.